The number of hydrogen-bond acceptors (Lipinski definition) is 6. The Morgan fingerprint density at radius 3 is 2.35 bits per heavy atom. The Morgan fingerprint density at radius 1 is 0.968 bits per heavy atom. The van der Waals surface area contributed by atoms with E-state index in [1.54, 1.807) is 7.11 Å². The molecule has 1 atom stereocenters. The number of tetrazole rings is 1. The fraction of sp³-hybridized carbons (Fsp3) is 0.435. The average Bonchev–Trinajstić information content (AvgIpc) is 3.24. The molecule has 7 nitrogen and oxygen atoms in total. The van der Waals surface area contributed by atoms with Crippen molar-refractivity contribution in [1.29, 1.82) is 0 Å². The van der Waals surface area contributed by atoms with Gasteiger partial charge in [0, 0.05) is 39.8 Å². The molecule has 4 rings (SSSR count). The molecule has 31 heavy (non-hydrogen) atoms. The van der Waals surface area contributed by atoms with Crippen LogP contribution in [-0.4, -0.2) is 69.9 Å². The summed E-state index contributed by atoms with van der Waals surface area (Å²) in [5, 5.41) is 12.6. The molecule has 1 saturated heterocycles. The van der Waals surface area contributed by atoms with Gasteiger partial charge < -0.3 is 4.74 Å². The van der Waals surface area contributed by atoms with Gasteiger partial charge in [0.1, 0.15) is 0 Å². The number of methoxy groups -OCH3 is 1. The van der Waals surface area contributed by atoms with Gasteiger partial charge in [0.05, 0.1) is 19.2 Å². The molecule has 0 radical (unpaired) electrons. The molecule has 1 aliphatic heterocycles. The molecule has 0 N–H and O–H groups in total. The summed E-state index contributed by atoms with van der Waals surface area (Å²) in [6, 6.07) is 19.5. The number of nitrogens with zero attached hydrogens (tertiary/aromatic N) is 6. The van der Waals surface area contributed by atoms with Crippen LogP contribution in [-0.2, 0) is 17.8 Å². The topological polar surface area (TPSA) is 59.3 Å². The zero-order chi connectivity index (χ0) is 20.8. The summed E-state index contributed by atoms with van der Waals surface area (Å²) in [5.41, 5.74) is 3.85. The summed E-state index contributed by atoms with van der Waals surface area (Å²) in [6.45, 7) is 8.34. The van der Waals surface area contributed by atoms with E-state index in [9.17, 15) is 0 Å². The Morgan fingerprint density at radius 2 is 1.68 bits per heavy atom. The van der Waals surface area contributed by atoms with E-state index < -0.39 is 0 Å². The summed E-state index contributed by atoms with van der Waals surface area (Å²) in [7, 11) is 1.70. The van der Waals surface area contributed by atoms with E-state index in [0.717, 1.165) is 38.5 Å². The number of hydrogen-bond donors (Lipinski definition) is 0. The van der Waals surface area contributed by atoms with Crippen molar-refractivity contribution in [2.24, 2.45) is 0 Å². The summed E-state index contributed by atoms with van der Waals surface area (Å²) in [5.74, 6) is 0.882. The molecule has 2 aromatic carbocycles. The van der Waals surface area contributed by atoms with E-state index in [0.29, 0.717) is 13.2 Å². The lowest BCUT2D eigenvalue weighted by molar-refractivity contribution is 0.0988. The van der Waals surface area contributed by atoms with Crippen LogP contribution in [0.15, 0.2) is 54.6 Å². The number of halogens is 1. The SMILES string of the molecule is COCCn1nnnc1C(c1ccc(C)cc1)N1CCN(Cc2ccccc2)CC1.Cl. The largest absolute Gasteiger partial charge is 0.383 e. The fourth-order valence-electron chi connectivity index (χ4n) is 4.04. The predicted molar refractivity (Wildman–Crippen MR) is 123 cm³/mol. The van der Waals surface area contributed by atoms with Crippen molar-refractivity contribution >= 4 is 12.4 Å². The standard InChI is InChI=1S/C23H30N6O.ClH/c1-19-8-10-21(11-9-19)22(23-24-25-26-29(23)16-17-30-2)28-14-12-27(13-15-28)18-20-6-4-3-5-7-20;/h3-11,22H,12-18H2,1-2H3;1H. The molecular formula is C23H31ClN6O. The van der Waals surface area contributed by atoms with Crippen molar-refractivity contribution in [2.45, 2.75) is 26.1 Å². The first-order chi connectivity index (χ1) is 14.7. The summed E-state index contributed by atoms with van der Waals surface area (Å²) in [6.07, 6.45) is 0. The lowest BCUT2D eigenvalue weighted by Gasteiger charge is -2.39. The molecule has 3 aromatic rings. The molecule has 0 spiro atoms. The van der Waals surface area contributed by atoms with E-state index in [-0.39, 0.29) is 18.4 Å². The van der Waals surface area contributed by atoms with Crippen LogP contribution in [0.4, 0.5) is 0 Å². The Kier molecular flexibility index (Phi) is 8.54. The zero-order valence-electron chi connectivity index (χ0n) is 18.2. The third-order valence-corrected chi connectivity index (χ3v) is 5.73. The molecule has 166 valence electrons. The summed E-state index contributed by atoms with van der Waals surface area (Å²) >= 11 is 0. The number of rotatable bonds is 8. The van der Waals surface area contributed by atoms with E-state index >= 15 is 0 Å². The van der Waals surface area contributed by atoms with Gasteiger partial charge in [-0.05, 0) is 28.5 Å². The zero-order valence-corrected chi connectivity index (χ0v) is 19.0. The Labute approximate surface area is 190 Å². The molecule has 1 fully saturated rings. The first-order valence-electron chi connectivity index (χ1n) is 10.6. The number of piperazine rings is 1. The minimum Gasteiger partial charge on any atom is -0.383 e. The van der Waals surface area contributed by atoms with Gasteiger partial charge in [0.15, 0.2) is 5.82 Å². The van der Waals surface area contributed by atoms with E-state index in [1.807, 2.05) is 4.68 Å². The van der Waals surface area contributed by atoms with E-state index in [4.69, 9.17) is 4.74 Å². The first-order valence-corrected chi connectivity index (χ1v) is 10.6. The maximum absolute atomic E-state index is 5.25. The average molecular weight is 443 g/mol. The lowest BCUT2D eigenvalue weighted by Crippen LogP contribution is -2.48. The highest BCUT2D eigenvalue weighted by atomic mass is 35.5. The van der Waals surface area contributed by atoms with Crippen LogP contribution in [0.5, 0.6) is 0 Å². The van der Waals surface area contributed by atoms with Crippen molar-refractivity contribution in [2.75, 3.05) is 39.9 Å². The summed E-state index contributed by atoms with van der Waals surface area (Å²) < 4.78 is 7.13. The highest BCUT2D eigenvalue weighted by molar-refractivity contribution is 5.85. The Bertz CT molecular complexity index is 909. The van der Waals surface area contributed by atoms with Crippen molar-refractivity contribution in [3.05, 3.63) is 77.1 Å². The fourth-order valence-corrected chi connectivity index (χ4v) is 4.04. The molecule has 0 amide bonds. The minimum atomic E-state index is 0. The summed E-state index contributed by atoms with van der Waals surface area (Å²) in [4.78, 5) is 5.02. The van der Waals surface area contributed by atoms with Gasteiger partial charge in [0.25, 0.3) is 0 Å². The second kappa shape index (κ2) is 11.3. The second-order valence-electron chi connectivity index (χ2n) is 7.86. The lowest BCUT2D eigenvalue weighted by atomic mass is 10.0. The third kappa shape index (κ3) is 5.89. The highest BCUT2D eigenvalue weighted by Crippen LogP contribution is 2.28. The van der Waals surface area contributed by atoms with Gasteiger partial charge >= 0.3 is 0 Å². The van der Waals surface area contributed by atoms with Crippen molar-refractivity contribution in [3.63, 3.8) is 0 Å². The maximum Gasteiger partial charge on any atom is 0.173 e. The molecule has 1 aromatic heterocycles. The second-order valence-corrected chi connectivity index (χ2v) is 7.86. The van der Waals surface area contributed by atoms with Gasteiger partial charge in [-0.15, -0.1) is 17.5 Å². The Balaban J connectivity index is 0.00000272. The van der Waals surface area contributed by atoms with Crippen LogP contribution < -0.4 is 0 Å². The van der Waals surface area contributed by atoms with Crippen LogP contribution in [0.2, 0.25) is 0 Å². The third-order valence-electron chi connectivity index (χ3n) is 5.73. The quantitative estimate of drug-likeness (QED) is 0.534. The molecule has 2 heterocycles. The first kappa shape index (κ1) is 23.3. The van der Waals surface area contributed by atoms with Gasteiger partial charge in [-0.3, -0.25) is 9.80 Å². The molecule has 1 unspecified atom stereocenters. The Hall–Kier alpha value is -2.32. The number of aryl methyl sites for hydroxylation is 1. The molecule has 0 aliphatic carbocycles. The monoisotopic (exact) mass is 442 g/mol. The normalized spacial score (nSPS) is 16.1. The van der Waals surface area contributed by atoms with Crippen LogP contribution in [0.3, 0.4) is 0 Å². The van der Waals surface area contributed by atoms with Gasteiger partial charge in [-0.1, -0.05) is 60.2 Å². The minimum absolute atomic E-state index is 0. The number of ether oxygens (including phenoxy) is 1. The van der Waals surface area contributed by atoms with Crippen LogP contribution >= 0.6 is 12.4 Å². The van der Waals surface area contributed by atoms with Crippen molar-refractivity contribution in [1.82, 2.24) is 30.0 Å². The molecular weight excluding hydrogens is 412 g/mol. The van der Waals surface area contributed by atoms with Crippen LogP contribution in [0.1, 0.15) is 28.6 Å². The maximum atomic E-state index is 5.25. The van der Waals surface area contributed by atoms with Crippen LogP contribution in [0, 0.1) is 6.92 Å². The molecule has 0 saturated carbocycles. The smallest absolute Gasteiger partial charge is 0.173 e. The molecule has 0 bridgehead atoms. The number of aromatic nitrogens is 4. The van der Waals surface area contributed by atoms with Gasteiger partial charge in [-0.25, -0.2) is 4.68 Å². The van der Waals surface area contributed by atoms with Crippen molar-refractivity contribution < 1.29 is 4.74 Å². The highest BCUT2D eigenvalue weighted by Gasteiger charge is 2.30. The molecule has 1 aliphatic rings. The van der Waals surface area contributed by atoms with Crippen LogP contribution in [0.25, 0.3) is 0 Å². The van der Waals surface area contributed by atoms with Gasteiger partial charge in [0.2, 0.25) is 0 Å². The van der Waals surface area contributed by atoms with E-state index in [1.165, 1.54) is 16.7 Å². The van der Waals surface area contributed by atoms with Crippen molar-refractivity contribution in [3.8, 4) is 0 Å². The number of benzene rings is 2. The predicted octanol–water partition coefficient (Wildman–Crippen LogP) is 2.96. The molecule has 8 heteroatoms. The van der Waals surface area contributed by atoms with E-state index in [2.05, 4.69) is 86.8 Å². The van der Waals surface area contributed by atoms with Gasteiger partial charge in [-0.2, -0.15) is 0 Å².